The molecule has 0 aliphatic carbocycles. The minimum Gasteiger partial charge on any atom is -0.390 e. The molecular weight excluding hydrogens is 514 g/mol. The molecule has 0 heterocycles. The molecule has 0 bridgehead atoms. The van der Waals surface area contributed by atoms with Crippen molar-refractivity contribution in [1.29, 1.82) is 0 Å². The molecule has 36 heavy (non-hydrogen) atoms. The largest absolute Gasteiger partial charge is 0.390 e. The molecule has 0 fully saturated rings. The van der Waals surface area contributed by atoms with Crippen molar-refractivity contribution in [2.45, 2.75) is 36.8 Å². The van der Waals surface area contributed by atoms with Gasteiger partial charge in [-0.15, -0.1) is 6.58 Å². The molecule has 2 unspecified atom stereocenters. The van der Waals surface area contributed by atoms with Gasteiger partial charge in [-0.05, 0) is 0 Å². The molecule has 0 saturated heterocycles. The summed E-state index contributed by atoms with van der Waals surface area (Å²) in [5.41, 5.74) is 0. The quantitative estimate of drug-likeness (QED) is 0.0663. The van der Waals surface area contributed by atoms with Crippen molar-refractivity contribution in [2.24, 2.45) is 0 Å². The zero-order chi connectivity index (χ0) is 27.5. The van der Waals surface area contributed by atoms with Crippen LogP contribution in [0, 0.1) is 0 Å². The topological polar surface area (TPSA) is 125 Å². The Kier molecular flexibility index (Phi) is 18.5. The van der Waals surface area contributed by atoms with Crippen LogP contribution < -0.4 is 0 Å². The van der Waals surface area contributed by atoms with Crippen LogP contribution in [-0.2, 0) is 33.2 Å². The van der Waals surface area contributed by atoms with Crippen LogP contribution in [0.15, 0.2) is 12.7 Å². The van der Waals surface area contributed by atoms with E-state index in [9.17, 15) is 36.6 Å². The Balaban J connectivity index is 3.81. The van der Waals surface area contributed by atoms with Gasteiger partial charge in [0.05, 0.1) is 52.9 Å². The smallest absolute Gasteiger partial charge is 0.383 e. The van der Waals surface area contributed by atoms with E-state index in [1.165, 1.54) is 6.08 Å². The Bertz CT molecular complexity index is 559. The van der Waals surface area contributed by atoms with E-state index in [1.807, 2.05) is 0 Å². The maximum atomic E-state index is 13.5. The summed E-state index contributed by atoms with van der Waals surface area (Å²) in [6.45, 7) is -3.59. The standard InChI is InChI=1S/C20H34F6O10/c1-2-4-30-8-17(29)11-34-13-19(23,24)36-20(25,26)14-35-15-33-7-6-32-10-16(28)9-31-5-3-18(21,22)12-27/h2,16-17,27-29H,1,3-15H2. The second kappa shape index (κ2) is 19.1. The van der Waals surface area contributed by atoms with Gasteiger partial charge in [-0.3, -0.25) is 4.74 Å². The summed E-state index contributed by atoms with van der Waals surface area (Å²) in [6.07, 6.45) is -10.4. The van der Waals surface area contributed by atoms with Gasteiger partial charge in [0, 0.05) is 6.42 Å². The minimum atomic E-state index is -4.37. The third-order valence-electron chi connectivity index (χ3n) is 3.70. The first-order chi connectivity index (χ1) is 16.8. The molecule has 0 aromatic rings. The number of ether oxygens (including phenoxy) is 7. The number of aliphatic hydroxyl groups is 3. The van der Waals surface area contributed by atoms with E-state index >= 15 is 0 Å². The molecule has 0 aliphatic rings. The van der Waals surface area contributed by atoms with Gasteiger partial charge < -0.3 is 43.7 Å². The van der Waals surface area contributed by atoms with Crippen LogP contribution in [0.5, 0.6) is 0 Å². The van der Waals surface area contributed by atoms with Crippen molar-refractivity contribution in [3.8, 4) is 0 Å². The SMILES string of the molecule is C=CCOCC(O)COCC(F)(F)OC(F)(F)COCOCCOCC(O)COCCC(F)(F)CO. The highest BCUT2D eigenvalue weighted by atomic mass is 19.3. The average molecular weight is 548 g/mol. The van der Waals surface area contributed by atoms with Crippen LogP contribution in [0.1, 0.15) is 6.42 Å². The van der Waals surface area contributed by atoms with Crippen molar-refractivity contribution in [3.63, 3.8) is 0 Å². The maximum Gasteiger partial charge on any atom is 0.383 e. The first-order valence-corrected chi connectivity index (χ1v) is 10.7. The van der Waals surface area contributed by atoms with Crippen molar-refractivity contribution < 1.29 is 74.8 Å². The number of halogens is 6. The molecule has 3 N–H and O–H groups in total. The van der Waals surface area contributed by atoms with E-state index in [4.69, 9.17) is 24.1 Å². The van der Waals surface area contributed by atoms with Gasteiger partial charge in [-0.25, -0.2) is 8.78 Å². The monoisotopic (exact) mass is 548 g/mol. The lowest BCUT2D eigenvalue weighted by Crippen LogP contribution is -2.40. The summed E-state index contributed by atoms with van der Waals surface area (Å²) in [6, 6.07) is 0. The molecule has 2 atom stereocenters. The number of aliphatic hydroxyl groups excluding tert-OH is 3. The van der Waals surface area contributed by atoms with Crippen LogP contribution >= 0.6 is 0 Å². The van der Waals surface area contributed by atoms with E-state index in [0.717, 1.165) is 0 Å². The van der Waals surface area contributed by atoms with E-state index < -0.39 is 70.0 Å². The van der Waals surface area contributed by atoms with Crippen LogP contribution in [0.3, 0.4) is 0 Å². The predicted octanol–water partition coefficient (Wildman–Crippen LogP) is 1.17. The molecule has 0 aliphatic heterocycles. The van der Waals surface area contributed by atoms with Gasteiger partial charge in [-0.1, -0.05) is 6.08 Å². The van der Waals surface area contributed by atoms with Crippen LogP contribution in [0.4, 0.5) is 26.3 Å². The first-order valence-electron chi connectivity index (χ1n) is 10.7. The lowest BCUT2D eigenvalue weighted by atomic mass is 10.3. The first kappa shape index (κ1) is 34.9. The third-order valence-corrected chi connectivity index (χ3v) is 3.70. The number of hydrogen-bond donors (Lipinski definition) is 3. The lowest BCUT2D eigenvalue weighted by molar-refractivity contribution is -0.396. The Morgan fingerprint density at radius 3 is 1.78 bits per heavy atom. The molecule has 216 valence electrons. The normalized spacial score (nSPS) is 14.7. The van der Waals surface area contributed by atoms with Crippen molar-refractivity contribution >= 4 is 0 Å². The second-order valence-corrected chi connectivity index (χ2v) is 7.31. The average Bonchev–Trinajstić information content (AvgIpc) is 2.77. The molecule has 10 nitrogen and oxygen atoms in total. The second-order valence-electron chi connectivity index (χ2n) is 7.31. The fourth-order valence-electron chi connectivity index (χ4n) is 2.11. The van der Waals surface area contributed by atoms with E-state index in [-0.39, 0.29) is 46.2 Å². The Morgan fingerprint density at radius 1 is 0.694 bits per heavy atom. The molecule has 0 amide bonds. The van der Waals surface area contributed by atoms with E-state index in [0.29, 0.717) is 0 Å². The summed E-state index contributed by atoms with van der Waals surface area (Å²) >= 11 is 0. The number of alkyl halides is 6. The highest BCUT2D eigenvalue weighted by Crippen LogP contribution is 2.27. The van der Waals surface area contributed by atoms with Gasteiger partial charge in [-0.2, -0.15) is 17.6 Å². The molecule has 0 rings (SSSR count). The van der Waals surface area contributed by atoms with Gasteiger partial charge in [0.1, 0.15) is 38.8 Å². The zero-order valence-electron chi connectivity index (χ0n) is 19.6. The summed E-state index contributed by atoms with van der Waals surface area (Å²) in [4.78, 5) is 0. The van der Waals surface area contributed by atoms with Gasteiger partial charge in [0.2, 0.25) is 0 Å². The molecule has 16 heteroatoms. The summed E-state index contributed by atoms with van der Waals surface area (Å²) < 4.78 is 111. The van der Waals surface area contributed by atoms with Crippen LogP contribution in [0.25, 0.3) is 0 Å². The van der Waals surface area contributed by atoms with Crippen LogP contribution in [-0.4, -0.2) is 125 Å². The Labute approximate surface area is 204 Å². The minimum absolute atomic E-state index is 0.101. The molecule has 0 aromatic heterocycles. The maximum absolute atomic E-state index is 13.5. The van der Waals surface area contributed by atoms with Crippen molar-refractivity contribution in [3.05, 3.63) is 12.7 Å². The zero-order valence-corrected chi connectivity index (χ0v) is 19.6. The fourth-order valence-corrected chi connectivity index (χ4v) is 2.11. The summed E-state index contributed by atoms with van der Waals surface area (Å²) in [5.74, 6) is -3.27. The number of rotatable bonds is 25. The van der Waals surface area contributed by atoms with Crippen LogP contribution in [0.2, 0.25) is 0 Å². The molecule has 0 spiro atoms. The van der Waals surface area contributed by atoms with Gasteiger partial charge in [0.25, 0.3) is 5.92 Å². The summed E-state index contributed by atoms with van der Waals surface area (Å²) in [5, 5.41) is 27.4. The molecule has 0 radical (unpaired) electrons. The highest BCUT2D eigenvalue weighted by Gasteiger charge is 2.44. The van der Waals surface area contributed by atoms with E-state index in [2.05, 4.69) is 20.8 Å². The highest BCUT2D eigenvalue weighted by molar-refractivity contribution is 4.65. The fraction of sp³-hybridized carbons (Fsp3) is 0.900. The molecular formula is C20H34F6O10. The number of hydrogen-bond acceptors (Lipinski definition) is 10. The Hall–Kier alpha value is -1.08. The third kappa shape index (κ3) is 21.0. The summed E-state index contributed by atoms with van der Waals surface area (Å²) in [7, 11) is 0. The van der Waals surface area contributed by atoms with Gasteiger partial charge >= 0.3 is 12.2 Å². The van der Waals surface area contributed by atoms with Crippen molar-refractivity contribution in [2.75, 3.05) is 79.5 Å². The molecule has 0 saturated carbocycles. The lowest BCUT2D eigenvalue weighted by Gasteiger charge is -2.24. The Morgan fingerprint density at radius 2 is 1.19 bits per heavy atom. The van der Waals surface area contributed by atoms with E-state index in [1.54, 1.807) is 0 Å². The van der Waals surface area contributed by atoms with Gasteiger partial charge in [0.15, 0.2) is 0 Å². The predicted molar refractivity (Wildman–Crippen MR) is 110 cm³/mol. The van der Waals surface area contributed by atoms with Crippen molar-refractivity contribution in [1.82, 2.24) is 0 Å². The molecule has 0 aromatic carbocycles.